The summed E-state index contributed by atoms with van der Waals surface area (Å²) in [5, 5.41) is 18.1. The lowest BCUT2D eigenvalue weighted by Gasteiger charge is -2.33. The van der Waals surface area contributed by atoms with Gasteiger partial charge in [-0.3, -0.25) is 4.79 Å². The van der Waals surface area contributed by atoms with Crippen molar-refractivity contribution in [1.82, 2.24) is 9.80 Å². The van der Waals surface area contributed by atoms with E-state index in [-0.39, 0.29) is 12.6 Å². The van der Waals surface area contributed by atoms with Crippen molar-refractivity contribution in [3.8, 4) is 0 Å². The van der Waals surface area contributed by atoms with Gasteiger partial charge in [-0.15, -0.1) is 0 Å². The van der Waals surface area contributed by atoms with Gasteiger partial charge < -0.3 is 20.0 Å². The van der Waals surface area contributed by atoms with E-state index in [0.717, 1.165) is 6.42 Å². The third-order valence-corrected chi connectivity index (χ3v) is 3.25. The Kier molecular flexibility index (Phi) is 5.40. The first-order valence-electron chi connectivity index (χ1n) is 6.32. The largest absolute Gasteiger partial charge is 0.481 e. The molecule has 2 amide bonds. The number of hydrogen-bond acceptors (Lipinski definition) is 3. The number of likely N-dealkylation sites (tertiary alicyclic amines) is 1. The molecule has 0 aromatic heterocycles. The van der Waals surface area contributed by atoms with Crippen LogP contribution < -0.4 is 0 Å². The number of hydrogen-bond donors (Lipinski definition) is 2. The number of urea groups is 1. The fourth-order valence-electron chi connectivity index (χ4n) is 2.07. The minimum Gasteiger partial charge on any atom is -0.481 e. The summed E-state index contributed by atoms with van der Waals surface area (Å²) >= 11 is 0. The predicted octanol–water partition coefficient (Wildman–Crippen LogP) is 0.606. The van der Waals surface area contributed by atoms with E-state index in [2.05, 4.69) is 0 Å². The summed E-state index contributed by atoms with van der Waals surface area (Å²) < 4.78 is 0. The average Bonchev–Trinajstić information content (AvgIpc) is 2.35. The molecule has 6 nitrogen and oxygen atoms in total. The van der Waals surface area contributed by atoms with Crippen LogP contribution in [0.4, 0.5) is 4.79 Å². The second-order valence-electron chi connectivity index (χ2n) is 4.97. The standard InChI is InChI=1S/C12H22N2O4/c1-9(15)5-7-13(2)12(18)14-6-3-4-10(8-14)11(16)17/h9-10,15H,3-8H2,1-2H3,(H,16,17)/t9?,10-/m0/s1. The van der Waals surface area contributed by atoms with Crippen LogP contribution in [0, 0.1) is 5.92 Å². The third kappa shape index (κ3) is 4.18. The molecule has 0 spiro atoms. The van der Waals surface area contributed by atoms with Crippen LogP contribution in [-0.2, 0) is 4.79 Å². The number of carbonyl (C=O) groups excluding carboxylic acids is 1. The molecule has 6 heteroatoms. The molecular formula is C12H22N2O4. The maximum absolute atomic E-state index is 12.1. The van der Waals surface area contributed by atoms with Crippen LogP contribution >= 0.6 is 0 Å². The average molecular weight is 258 g/mol. The number of carboxylic acids is 1. The zero-order valence-electron chi connectivity index (χ0n) is 11.0. The highest BCUT2D eigenvalue weighted by atomic mass is 16.4. The van der Waals surface area contributed by atoms with Gasteiger partial charge in [-0.05, 0) is 26.2 Å². The Bertz CT molecular complexity index is 306. The van der Waals surface area contributed by atoms with Gasteiger partial charge in [0.1, 0.15) is 0 Å². The van der Waals surface area contributed by atoms with Gasteiger partial charge in [0, 0.05) is 26.7 Å². The summed E-state index contributed by atoms with van der Waals surface area (Å²) in [6, 6.07) is -0.151. The highest BCUT2D eigenvalue weighted by Gasteiger charge is 2.29. The Hall–Kier alpha value is -1.30. The molecule has 18 heavy (non-hydrogen) atoms. The lowest BCUT2D eigenvalue weighted by Crippen LogP contribution is -2.48. The van der Waals surface area contributed by atoms with Crippen molar-refractivity contribution < 1.29 is 19.8 Å². The van der Waals surface area contributed by atoms with E-state index in [1.54, 1.807) is 18.9 Å². The molecule has 1 fully saturated rings. The summed E-state index contributed by atoms with van der Waals surface area (Å²) in [7, 11) is 1.68. The van der Waals surface area contributed by atoms with E-state index in [9.17, 15) is 14.7 Å². The summed E-state index contributed by atoms with van der Waals surface area (Å²) in [6.45, 7) is 3.05. The first kappa shape index (κ1) is 14.8. The predicted molar refractivity (Wildman–Crippen MR) is 66.3 cm³/mol. The molecule has 0 aromatic rings. The van der Waals surface area contributed by atoms with Gasteiger partial charge in [0.05, 0.1) is 12.0 Å². The highest BCUT2D eigenvalue weighted by molar-refractivity contribution is 5.76. The molecule has 2 N–H and O–H groups in total. The van der Waals surface area contributed by atoms with Crippen molar-refractivity contribution in [2.45, 2.75) is 32.3 Å². The highest BCUT2D eigenvalue weighted by Crippen LogP contribution is 2.17. The smallest absolute Gasteiger partial charge is 0.319 e. The van der Waals surface area contributed by atoms with Gasteiger partial charge in [0.2, 0.25) is 0 Å². The van der Waals surface area contributed by atoms with E-state index < -0.39 is 18.0 Å². The van der Waals surface area contributed by atoms with E-state index >= 15 is 0 Å². The Balaban J connectivity index is 2.47. The van der Waals surface area contributed by atoms with Crippen LogP contribution in [0.5, 0.6) is 0 Å². The van der Waals surface area contributed by atoms with E-state index in [4.69, 9.17) is 5.11 Å². The van der Waals surface area contributed by atoms with Gasteiger partial charge >= 0.3 is 12.0 Å². The molecule has 2 atom stereocenters. The summed E-state index contributed by atoms with van der Waals surface area (Å²) in [6.07, 6.45) is 1.45. The van der Waals surface area contributed by atoms with Crippen LogP contribution in [0.1, 0.15) is 26.2 Å². The first-order valence-corrected chi connectivity index (χ1v) is 6.32. The molecule has 104 valence electrons. The van der Waals surface area contributed by atoms with Gasteiger partial charge in [0.25, 0.3) is 0 Å². The van der Waals surface area contributed by atoms with E-state index in [0.29, 0.717) is 25.9 Å². The van der Waals surface area contributed by atoms with Crippen LogP contribution in [0.2, 0.25) is 0 Å². The minimum atomic E-state index is -0.834. The quantitative estimate of drug-likeness (QED) is 0.774. The number of aliphatic hydroxyl groups excluding tert-OH is 1. The normalized spacial score (nSPS) is 21.5. The van der Waals surface area contributed by atoms with Gasteiger partial charge in [0.15, 0.2) is 0 Å². The van der Waals surface area contributed by atoms with Crippen molar-refractivity contribution >= 4 is 12.0 Å². The maximum atomic E-state index is 12.1. The zero-order valence-corrected chi connectivity index (χ0v) is 11.0. The van der Waals surface area contributed by atoms with Crippen molar-refractivity contribution in [2.75, 3.05) is 26.7 Å². The Morgan fingerprint density at radius 2 is 2.17 bits per heavy atom. The fourth-order valence-corrected chi connectivity index (χ4v) is 2.07. The lowest BCUT2D eigenvalue weighted by molar-refractivity contribution is -0.143. The van der Waals surface area contributed by atoms with Crippen LogP contribution in [0.15, 0.2) is 0 Å². The fraction of sp³-hybridized carbons (Fsp3) is 0.833. The van der Waals surface area contributed by atoms with Crippen LogP contribution in [-0.4, -0.2) is 64.8 Å². The number of amides is 2. The first-order chi connectivity index (χ1) is 8.41. The number of carboxylic acid groups (broad SMARTS) is 1. The molecule has 0 radical (unpaired) electrons. The van der Waals surface area contributed by atoms with Crippen LogP contribution in [0.3, 0.4) is 0 Å². The summed E-state index contributed by atoms with van der Waals surface area (Å²) in [5.41, 5.74) is 0. The Morgan fingerprint density at radius 1 is 1.50 bits per heavy atom. The number of aliphatic carboxylic acids is 1. The number of rotatable bonds is 4. The van der Waals surface area contributed by atoms with Gasteiger partial charge in [-0.1, -0.05) is 0 Å². The van der Waals surface area contributed by atoms with Crippen molar-refractivity contribution in [2.24, 2.45) is 5.92 Å². The molecule has 0 bridgehead atoms. The molecule has 1 unspecified atom stereocenters. The lowest BCUT2D eigenvalue weighted by atomic mass is 9.99. The molecule has 1 aliphatic heterocycles. The number of aliphatic hydroxyl groups is 1. The monoisotopic (exact) mass is 258 g/mol. The second-order valence-corrected chi connectivity index (χ2v) is 4.97. The minimum absolute atomic E-state index is 0.151. The summed E-state index contributed by atoms with van der Waals surface area (Å²) in [5.74, 6) is -1.29. The third-order valence-electron chi connectivity index (χ3n) is 3.25. The number of carbonyl (C=O) groups is 2. The molecule has 1 rings (SSSR count). The number of nitrogens with zero attached hydrogens (tertiary/aromatic N) is 2. The molecular weight excluding hydrogens is 236 g/mol. The van der Waals surface area contributed by atoms with Crippen molar-refractivity contribution in [1.29, 1.82) is 0 Å². The SMILES string of the molecule is CC(O)CCN(C)C(=O)N1CCC[C@H](C(=O)O)C1. The van der Waals surface area contributed by atoms with Crippen molar-refractivity contribution in [3.63, 3.8) is 0 Å². The molecule has 1 saturated heterocycles. The second kappa shape index (κ2) is 6.58. The molecule has 0 aliphatic carbocycles. The Morgan fingerprint density at radius 3 is 2.72 bits per heavy atom. The van der Waals surface area contributed by atoms with Gasteiger partial charge in [-0.2, -0.15) is 0 Å². The van der Waals surface area contributed by atoms with E-state index in [1.165, 1.54) is 4.90 Å². The number of piperidine rings is 1. The zero-order chi connectivity index (χ0) is 13.7. The van der Waals surface area contributed by atoms with Gasteiger partial charge in [-0.25, -0.2) is 4.79 Å². The topological polar surface area (TPSA) is 81.1 Å². The molecule has 0 saturated carbocycles. The molecule has 1 heterocycles. The summed E-state index contributed by atoms with van der Waals surface area (Å²) in [4.78, 5) is 26.1. The Labute approximate surface area is 107 Å². The van der Waals surface area contributed by atoms with Crippen LogP contribution in [0.25, 0.3) is 0 Å². The van der Waals surface area contributed by atoms with E-state index in [1.807, 2.05) is 0 Å². The van der Waals surface area contributed by atoms with Crippen molar-refractivity contribution in [3.05, 3.63) is 0 Å². The molecule has 1 aliphatic rings. The molecule has 0 aromatic carbocycles. The maximum Gasteiger partial charge on any atom is 0.319 e.